The number of carboxylic acid groups (broad SMARTS) is 2. The Bertz CT molecular complexity index is 6620. The molecule has 4 aliphatic heterocycles. The van der Waals surface area contributed by atoms with E-state index in [0.717, 1.165) is 21.0 Å². The summed E-state index contributed by atoms with van der Waals surface area (Å²) >= 11 is 14.6. The van der Waals surface area contributed by atoms with Crippen molar-refractivity contribution in [3.63, 3.8) is 0 Å². The molecule has 9 heterocycles. The number of anilines is 4. The Balaban J connectivity index is 0.000000175. The van der Waals surface area contributed by atoms with Crippen molar-refractivity contribution in [2.75, 3.05) is 48.8 Å². The topological polar surface area (TPSA) is 411 Å². The number of phenols is 2. The highest BCUT2D eigenvalue weighted by atomic mass is 32.2. The van der Waals surface area contributed by atoms with E-state index in [1.54, 1.807) is 60.8 Å². The third kappa shape index (κ3) is 15.4. The Morgan fingerprint density at radius 2 is 1.03 bits per heavy atom. The summed E-state index contributed by atoms with van der Waals surface area (Å²) in [6.07, 6.45) is 11.6. The first-order chi connectivity index (χ1) is 56.5. The van der Waals surface area contributed by atoms with Crippen molar-refractivity contribution in [1.82, 2.24) is 59.0 Å². The Labute approximate surface area is 683 Å². The molecule has 0 radical (unpaired) electrons. The molecule has 0 saturated carbocycles. The summed E-state index contributed by atoms with van der Waals surface area (Å²) in [5, 5.41) is 58.2. The molecular formula is C83H68N16O14S4. The van der Waals surface area contributed by atoms with Crippen molar-refractivity contribution < 1.29 is 57.8 Å². The summed E-state index contributed by atoms with van der Waals surface area (Å²) in [6, 6.07) is 37.1. The number of carboxylic acids is 2. The van der Waals surface area contributed by atoms with Crippen molar-refractivity contribution in [2.45, 2.75) is 85.8 Å². The van der Waals surface area contributed by atoms with Gasteiger partial charge in [0, 0.05) is 140 Å². The number of fused-ring (bicyclic) bond motifs is 8. The maximum atomic E-state index is 12.9. The fourth-order valence-corrected chi connectivity index (χ4v) is 17.0. The Kier molecular flexibility index (Phi) is 21.1. The zero-order valence-electron chi connectivity index (χ0n) is 62.5. The van der Waals surface area contributed by atoms with Gasteiger partial charge in [-0.05, 0) is 173 Å². The number of thiocarbonyl (C=S) groups is 2. The second kappa shape index (κ2) is 32.1. The summed E-state index contributed by atoms with van der Waals surface area (Å²) in [4.78, 5) is 82.9. The average molecular weight is 1640 g/mol. The Hall–Kier alpha value is -14.0. The quantitative estimate of drug-likeness (QED) is 0.0183. The molecule has 6 aromatic carbocycles. The van der Waals surface area contributed by atoms with Crippen molar-refractivity contribution in [2.24, 2.45) is 0 Å². The number of aryl methyl sites for hydroxylation is 2. The second-order valence-corrected chi connectivity index (χ2v) is 30.4. The predicted octanol–water partition coefficient (Wildman–Crippen LogP) is 14.5. The molecule has 17 rings (SSSR count). The number of nitrogen functional groups attached to an aromatic ring is 2. The molecule has 11 aromatic rings. The van der Waals surface area contributed by atoms with E-state index in [1.165, 1.54) is 96.8 Å². The van der Waals surface area contributed by atoms with Gasteiger partial charge in [-0.25, -0.2) is 39.5 Å². The van der Waals surface area contributed by atoms with Crippen LogP contribution in [-0.4, -0.2) is 140 Å². The number of imidazole rings is 2. The summed E-state index contributed by atoms with van der Waals surface area (Å²) in [7, 11) is 0. The highest BCUT2D eigenvalue weighted by Crippen LogP contribution is 2.48. The van der Waals surface area contributed by atoms with Gasteiger partial charge in [0.05, 0.1) is 16.8 Å². The van der Waals surface area contributed by atoms with Crippen molar-refractivity contribution in [1.29, 1.82) is 0 Å². The SMILES string of the molecule is C#Cc1cc2c(cc1Sc1nc3c(N)ncnc3n1CCCN(C(=S)Nc1ccc(-c3c4ccc(=O)cc-4oc4cc(O)ccc34)c(C(=O)O)c1)C(C)C)OCO2.CC(C)N(CCCn1c(Sc2cc3c(cc2-c2ccn[nH]2)OCO3)nc2c(N)ncnc21)C(=S)Nc1ccc(-c2c3ccc(=O)cc-3oc3cc(O)ccc23)c(C(=O)O)c1. The number of aromatic carboxylic acids is 2. The molecule has 0 amide bonds. The number of aromatic hydroxyl groups is 2. The van der Waals surface area contributed by atoms with Gasteiger partial charge in [0.25, 0.3) is 0 Å². The van der Waals surface area contributed by atoms with Crippen LogP contribution in [0.1, 0.15) is 66.8 Å². The van der Waals surface area contributed by atoms with Gasteiger partial charge in [0.15, 0.2) is 88.4 Å². The maximum Gasteiger partial charge on any atom is 0.336 e. The van der Waals surface area contributed by atoms with Crippen LogP contribution in [0.25, 0.3) is 100 Å². The molecule has 0 bridgehead atoms. The lowest BCUT2D eigenvalue weighted by Crippen LogP contribution is -2.40. The second-order valence-electron chi connectivity index (χ2n) is 27.6. The van der Waals surface area contributed by atoms with Gasteiger partial charge in [-0.2, -0.15) is 5.10 Å². The van der Waals surface area contributed by atoms with E-state index in [0.29, 0.717) is 177 Å². The van der Waals surface area contributed by atoms with Crippen molar-refractivity contribution in [3.05, 3.63) is 196 Å². The van der Waals surface area contributed by atoms with Crippen LogP contribution < -0.4 is 51.9 Å². The minimum absolute atomic E-state index is 0.000651. The molecular weight excluding hydrogens is 1570 g/mol. The molecule has 588 valence electrons. The van der Waals surface area contributed by atoms with Gasteiger partial charge in [0.1, 0.15) is 46.8 Å². The zero-order chi connectivity index (χ0) is 81.6. The van der Waals surface area contributed by atoms with Gasteiger partial charge in [-0.15, -0.1) is 6.42 Å². The van der Waals surface area contributed by atoms with Crippen LogP contribution in [0.15, 0.2) is 197 Å². The summed E-state index contributed by atoms with van der Waals surface area (Å²) in [5.41, 5.74) is 20.9. The van der Waals surface area contributed by atoms with E-state index in [1.807, 2.05) is 70.9 Å². The number of ether oxygens (including phenoxy) is 4. The number of aromatic amines is 1. The van der Waals surface area contributed by atoms with Crippen LogP contribution in [0.5, 0.6) is 34.5 Å². The highest BCUT2D eigenvalue weighted by Gasteiger charge is 2.30. The molecule has 0 saturated heterocycles. The van der Waals surface area contributed by atoms with E-state index in [4.69, 9.17) is 80.1 Å². The summed E-state index contributed by atoms with van der Waals surface area (Å²) < 4.78 is 38.4. The number of terminal acetylenes is 1. The first-order valence-corrected chi connectivity index (χ1v) is 38.9. The first kappa shape index (κ1) is 77.0. The molecule has 30 nitrogen and oxygen atoms in total. The number of nitrogens with zero attached hydrogens (tertiary/aromatic N) is 11. The fraction of sp³-hybridized carbons (Fsp3) is 0.169. The fourth-order valence-electron chi connectivity index (χ4n) is 14.1. The monoisotopic (exact) mass is 1640 g/mol. The van der Waals surface area contributed by atoms with Gasteiger partial charge in [-0.3, -0.25) is 14.7 Å². The standard InChI is InChI=1S/C42H35N9O7S2.C41H33N7O7S2/c1-21(2)50(41(59)47-22-4-7-25(28(14-22)40(54)55)36-26-8-5-23(52)15-31(26)58-32-16-24(53)6-9-27(32)36)12-3-13-51-39-37(38(43)44-19-45-39)48-42(51)60-35-18-34-33(56-20-57-34)17-29(35)30-10-11-46-49-30;1-4-22-14-32-33(54-20-53-32)18-34(22)57-41-46-36-37(42)43-19-44-38(36)48(41)13-5-12-47(21(2)3)40(56)45-23-6-9-26(29(15-23)39(51)52)35-27-10-7-24(49)16-30(27)55-31-17-25(50)8-11-28(31)35/h4-11,14-19,21,52H,3,12-13,20H2,1-2H3,(H,46,49)(H,47,59)(H,54,55)(H2,43,44,45);1,6-11,14-19,21,49H,5,12-13,20H2,2-3H3,(H,45,56)(H,51,52)(H2,42,43,44). The van der Waals surface area contributed by atoms with Gasteiger partial charge >= 0.3 is 11.9 Å². The minimum Gasteiger partial charge on any atom is -0.508 e. The van der Waals surface area contributed by atoms with E-state index >= 15 is 0 Å². The lowest BCUT2D eigenvalue weighted by Gasteiger charge is -2.30. The third-order valence-corrected chi connectivity index (χ3v) is 22.4. The van der Waals surface area contributed by atoms with Gasteiger partial charge in [0.2, 0.25) is 13.6 Å². The third-order valence-electron chi connectivity index (χ3n) is 19.6. The zero-order valence-corrected chi connectivity index (χ0v) is 65.7. The molecule has 5 aromatic heterocycles. The lowest BCUT2D eigenvalue weighted by atomic mass is 9.90. The highest BCUT2D eigenvalue weighted by molar-refractivity contribution is 7.99. The average Bonchev–Trinajstić information content (AvgIpc) is 1.36. The molecule has 0 atom stereocenters. The number of H-pyrrole nitrogens is 1. The molecule has 11 N–H and O–H groups in total. The molecule has 34 heteroatoms. The van der Waals surface area contributed by atoms with E-state index in [9.17, 15) is 39.6 Å². The van der Waals surface area contributed by atoms with Crippen LogP contribution in [-0.2, 0) is 13.1 Å². The Morgan fingerprint density at radius 1 is 0.573 bits per heavy atom. The molecule has 117 heavy (non-hydrogen) atoms. The first-order valence-electron chi connectivity index (χ1n) is 36.4. The molecule has 0 spiro atoms. The predicted molar refractivity (Wildman–Crippen MR) is 450 cm³/mol. The van der Waals surface area contributed by atoms with Gasteiger partial charge in [-0.1, -0.05) is 41.6 Å². The number of aromatic nitrogens is 10. The number of hydrogen-bond acceptors (Lipinski definition) is 25. The van der Waals surface area contributed by atoms with Crippen LogP contribution >= 0.6 is 48.0 Å². The molecule has 0 fully saturated rings. The van der Waals surface area contributed by atoms with E-state index in [-0.39, 0.29) is 82.3 Å². The molecule has 2 aliphatic carbocycles. The van der Waals surface area contributed by atoms with Gasteiger partial charge < -0.3 is 89.2 Å². The van der Waals surface area contributed by atoms with E-state index < -0.39 is 11.9 Å². The minimum atomic E-state index is -1.16. The van der Waals surface area contributed by atoms with E-state index in [2.05, 4.69) is 46.7 Å². The smallest absolute Gasteiger partial charge is 0.336 e. The van der Waals surface area contributed by atoms with Crippen LogP contribution in [0.2, 0.25) is 0 Å². The number of benzene rings is 8. The van der Waals surface area contributed by atoms with Crippen LogP contribution in [0, 0.1) is 12.3 Å². The van der Waals surface area contributed by atoms with Crippen molar-refractivity contribution in [3.8, 4) is 103 Å². The number of carbonyl (C=O) groups is 2. The number of nitrogens with two attached hydrogens (primary N) is 2. The van der Waals surface area contributed by atoms with Crippen molar-refractivity contribution >= 4 is 137 Å². The van der Waals surface area contributed by atoms with Crippen LogP contribution in [0.4, 0.5) is 23.0 Å². The summed E-state index contributed by atoms with van der Waals surface area (Å²) in [6.45, 7) is 10.4. The Morgan fingerprint density at radius 3 is 1.48 bits per heavy atom. The normalized spacial score (nSPS) is 12.1. The molecule has 0 unspecified atom stereocenters. The number of hydrogen-bond donors (Lipinski definition) is 9. The summed E-state index contributed by atoms with van der Waals surface area (Å²) in [5.74, 6) is 3.81. The number of nitrogens with one attached hydrogen (secondary N) is 3. The lowest BCUT2D eigenvalue weighted by molar-refractivity contribution is 0.0687. The molecule has 6 aliphatic rings. The van der Waals surface area contributed by atoms with Crippen LogP contribution in [0.3, 0.4) is 0 Å². The maximum absolute atomic E-state index is 12.9. The largest absolute Gasteiger partial charge is 0.508 e. The number of rotatable bonds is 21. The number of phenolic OH excluding ortho intramolecular Hbond substituents is 2.